The fourth-order valence-corrected chi connectivity index (χ4v) is 3.75. The molecular weight excluding hydrogens is 397 g/mol. The standard InChI is InChI=1S/C21H23Cl2N3O2/c22-16-2-5-18(6-3-16)28-15-21-24-19-7-4-17(23)14-20(19)26(21)9-1-8-25-10-12-27-13-11-25/h2-7,14H,1,8-13,15H2. The van der Waals surface area contributed by atoms with Crippen LogP contribution in [0.2, 0.25) is 10.0 Å². The van der Waals surface area contributed by atoms with Crippen LogP contribution in [0, 0.1) is 0 Å². The van der Waals surface area contributed by atoms with Gasteiger partial charge in [-0.1, -0.05) is 23.2 Å². The Kier molecular flexibility index (Phi) is 6.37. The van der Waals surface area contributed by atoms with Gasteiger partial charge in [0.15, 0.2) is 0 Å². The third kappa shape index (κ3) is 4.78. The first kappa shape index (κ1) is 19.5. The molecule has 0 saturated carbocycles. The zero-order chi connectivity index (χ0) is 19.3. The van der Waals surface area contributed by atoms with Crippen LogP contribution >= 0.6 is 23.2 Å². The van der Waals surface area contributed by atoms with Crippen molar-refractivity contribution < 1.29 is 9.47 Å². The van der Waals surface area contributed by atoms with Crippen molar-refractivity contribution in [3.8, 4) is 5.75 Å². The maximum Gasteiger partial charge on any atom is 0.147 e. The highest BCUT2D eigenvalue weighted by molar-refractivity contribution is 6.31. The summed E-state index contributed by atoms with van der Waals surface area (Å²) in [4.78, 5) is 7.22. The van der Waals surface area contributed by atoms with Gasteiger partial charge in [-0.2, -0.15) is 0 Å². The number of fused-ring (bicyclic) bond motifs is 1. The molecular formula is C21H23Cl2N3O2. The molecule has 1 saturated heterocycles. The molecule has 1 aliphatic heterocycles. The van der Waals surface area contributed by atoms with Crippen LogP contribution in [0.15, 0.2) is 42.5 Å². The van der Waals surface area contributed by atoms with Crippen LogP contribution < -0.4 is 4.74 Å². The van der Waals surface area contributed by atoms with Gasteiger partial charge in [0.1, 0.15) is 18.2 Å². The van der Waals surface area contributed by atoms with Gasteiger partial charge in [-0.05, 0) is 48.9 Å². The first-order valence-electron chi connectivity index (χ1n) is 9.52. The van der Waals surface area contributed by atoms with Crippen LogP contribution in [0.1, 0.15) is 12.2 Å². The minimum absolute atomic E-state index is 0.394. The molecule has 5 nitrogen and oxygen atoms in total. The Morgan fingerprint density at radius 1 is 0.964 bits per heavy atom. The number of ether oxygens (including phenoxy) is 2. The van der Waals surface area contributed by atoms with E-state index in [9.17, 15) is 0 Å². The van der Waals surface area contributed by atoms with E-state index in [0.29, 0.717) is 16.7 Å². The Balaban J connectivity index is 1.49. The van der Waals surface area contributed by atoms with Crippen LogP contribution in [-0.4, -0.2) is 47.3 Å². The van der Waals surface area contributed by atoms with E-state index in [1.165, 1.54) is 0 Å². The van der Waals surface area contributed by atoms with Gasteiger partial charge in [0, 0.05) is 36.2 Å². The minimum atomic E-state index is 0.394. The fourth-order valence-electron chi connectivity index (χ4n) is 3.46. The second-order valence-corrected chi connectivity index (χ2v) is 7.74. The molecule has 1 fully saturated rings. The summed E-state index contributed by atoms with van der Waals surface area (Å²) in [7, 11) is 0. The highest BCUT2D eigenvalue weighted by Crippen LogP contribution is 2.23. The summed E-state index contributed by atoms with van der Waals surface area (Å²) in [5, 5.41) is 1.41. The van der Waals surface area contributed by atoms with Crippen molar-refractivity contribution in [1.29, 1.82) is 0 Å². The average molecular weight is 420 g/mol. The molecule has 7 heteroatoms. The quantitative estimate of drug-likeness (QED) is 0.558. The Morgan fingerprint density at radius 2 is 1.71 bits per heavy atom. The molecule has 0 aliphatic carbocycles. The van der Waals surface area contributed by atoms with Gasteiger partial charge in [-0.3, -0.25) is 4.90 Å². The molecule has 0 radical (unpaired) electrons. The third-order valence-corrected chi connectivity index (χ3v) is 5.42. The minimum Gasteiger partial charge on any atom is -0.486 e. The Bertz CT molecular complexity index is 921. The fraction of sp³-hybridized carbons (Fsp3) is 0.381. The first-order valence-corrected chi connectivity index (χ1v) is 10.3. The molecule has 1 aromatic heterocycles. The molecule has 0 spiro atoms. The molecule has 0 N–H and O–H groups in total. The van der Waals surface area contributed by atoms with E-state index in [2.05, 4.69) is 9.47 Å². The van der Waals surface area contributed by atoms with E-state index < -0.39 is 0 Å². The molecule has 28 heavy (non-hydrogen) atoms. The van der Waals surface area contributed by atoms with Crippen LogP contribution in [0.4, 0.5) is 0 Å². The number of imidazole rings is 1. The summed E-state index contributed by atoms with van der Waals surface area (Å²) in [6, 6.07) is 13.2. The predicted molar refractivity (Wildman–Crippen MR) is 112 cm³/mol. The number of aryl methyl sites for hydroxylation is 1. The van der Waals surface area contributed by atoms with Crippen molar-refractivity contribution in [1.82, 2.24) is 14.5 Å². The largest absolute Gasteiger partial charge is 0.486 e. The van der Waals surface area contributed by atoms with E-state index >= 15 is 0 Å². The lowest BCUT2D eigenvalue weighted by molar-refractivity contribution is 0.0369. The summed E-state index contributed by atoms with van der Waals surface area (Å²) < 4.78 is 13.6. The summed E-state index contributed by atoms with van der Waals surface area (Å²) in [5.41, 5.74) is 1.98. The summed E-state index contributed by atoms with van der Waals surface area (Å²) >= 11 is 12.2. The van der Waals surface area contributed by atoms with Crippen molar-refractivity contribution >= 4 is 34.2 Å². The summed E-state index contributed by atoms with van der Waals surface area (Å²) in [5.74, 6) is 1.67. The lowest BCUT2D eigenvalue weighted by Gasteiger charge is -2.26. The number of hydrogen-bond acceptors (Lipinski definition) is 4. The number of rotatable bonds is 7. The van der Waals surface area contributed by atoms with Gasteiger partial charge in [0.25, 0.3) is 0 Å². The number of benzene rings is 2. The third-order valence-electron chi connectivity index (χ3n) is 4.93. The van der Waals surface area contributed by atoms with Gasteiger partial charge < -0.3 is 14.0 Å². The predicted octanol–water partition coefficient (Wildman–Crippen LogP) is 4.64. The van der Waals surface area contributed by atoms with Crippen molar-refractivity contribution in [2.45, 2.75) is 19.6 Å². The van der Waals surface area contributed by atoms with E-state index in [4.69, 9.17) is 37.7 Å². The molecule has 0 amide bonds. The molecule has 4 rings (SSSR count). The zero-order valence-electron chi connectivity index (χ0n) is 15.6. The molecule has 2 heterocycles. The van der Waals surface area contributed by atoms with Crippen LogP contribution in [0.3, 0.4) is 0 Å². The lowest BCUT2D eigenvalue weighted by Crippen LogP contribution is -2.37. The highest BCUT2D eigenvalue weighted by atomic mass is 35.5. The van der Waals surface area contributed by atoms with E-state index in [0.717, 1.165) is 68.4 Å². The molecule has 0 bridgehead atoms. The average Bonchev–Trinajstić information content (AvgIpc) is 3.05. The maximum absolute atomic E-state index is 6.24. The Hall–Kier alpha value is -1.79. The van der Waals surface area contributed by atoms with Crippen LogP contribution in [0.25, 0.3) is 11.0 Å². The van der Waals surface area contributed by atoms with E-state index in [1.807, 2.05) is 42.5 Å². The second kappa shape index (κ2) is 9.14. The van der Waals surface area contributed by atoms with Gasteiger partial charge >= 0.3 is 0 Å². The highest BCUT2D eigenvalue weighted by Gasteiger charge is 2.14. The smallest absolute Gasteiger partial charge is 0.147 e. The number of halogens is 2. The monoisotopic (exact) mass is 419 g/mol. The molecule has 1 aliphatic rings. The molecule has 0 atom stereocenters. The van der Waals surface area contributed by atoms with Gasteiger partial charge in [-0.25, -0.2) is 4.98 Å². The molecule has 2 aromatic carbocycles. The maximum atomic E-state index is 6.24. The van der Waals surface area contributed by atoms with Crippen molar-refractivity contribution in [3.05, 3.63) is 58.3 Å². The topological polar surface area (TPSA) is 39.5 Å². The first-order chi connectivity index (χ1) is 13.7. The van der Waals surface area contributed by atoms with E-state index in [1.54, 1.807) is 0 Å². The lowest BCUT2D eigenvalue weighted by atomic mass is 10.3. The number of morpholine rings is 1. The Morgan fingerprint density at radius 3 is 2.50 bits per heavy atom. The van der Waals surface area contributed by atoms with Crippen molar-refractivity contribution in [2.24, 2.45) is 0 Å². The molecule has 148 valence electrons. The molecule has 3 aromatic rings. The van der Waals surface area contributed by atoms with E-state index in [-0.39, 0.29) is 0 Å². The van der Waals surface area contributed by atoms with Gasteiger partial charge in [0.05, 0.1) is 24.2 Å². The number of nitrogens with zero attached hydrogens (tertiary/aromatic N) is 3. The summed E-state index contributed by atoms with van der Waals surface area (Å²) in [6.07, 6.45) is 1.03. The summed E-state index contributed by atoms with van der Waals surface area (Å²) in [6.45, 7) is 5.96. The SMILES string of the molecule is Clc1ccc(OCc2nc3ccc(Cl)cc3n2CCCN2CCOCC2)cc1. The number of aromatic nitrogens is 2. The van der Waals surface area contributed by atoms with Crippen molar-refractivity contribution in [3.63, 3.8) is 0 Å². The normalized spacial score (nSPS) is 15.2. The second-order valence-electron chi connectivity index (χ2n) is 6.86. The van der Waals surface area contributed by atoms with Gasteiger partial charge in [0.2, 0.25) is 0 Å². The van der Waals surface area contributed by atoms with Crippen LogP contribution in [0.5, 0.6) is 5.75 Å². The molecule has 0 unspecified atom stereocenters. The Labute approximate surface area is 174 Å². The van der Waals surface area contributed by atoms with Crippen molar-refractivity contribution in [2.75, 3.05) is 32.8 Å². The zero-order valence-corrected chi connectivity index (χ0v) is 17.1. The van der Waals surface area contributed by atoms with Crippen LogP contribution in [-0.2, 0) is 17.9 Å². The number of hydrogen-bond donors (Lipinski definition) is 0. The van der Waals surface area contributed by atoms with Gasteiger partial charge in [-0.15, -0.1) is 0 Å².